The molecule has 0 aliphatic carbocycles. The second-order valence-electron chi connectivity index (χ2n) is 4.98. The van der Waals surface area contributed by atoms with Gasteiger partial charge in [0.25, 0.3) is 0 Å². The third kappa shape index (κ3) is 3.48. The molecule has 112 valence electrons. The smallest absolute Gasteiger partial charge is 0.221 e. The maximum Gasteiger partial charge on any atom is 0.221 e. The Bertz CT molecular complexity index is 620. The Hall–Kier alpha value is -2.17. The van der Waals surface area contributed by atoms with Crippen LogP contribution in [0, 0.1) is 26.6 Å². The molecule has 0 aliphatic rings. The van der Waals surface area contributed by atoms with Crippen molar-refractivity contribution in [3.63, 3.8) is 0 Å². The van der Waals surface area contributed by atoms with Crippen LogP contribution >= 0.6 is 0 Å². The maximum absolute atomic E-state index is 13.6. The molecular weight excluding hydrogens is 269 g/mol. The minimum Gasteiger partial charge on any atom is -0.478 e. The Morgan fingerprint density at radius 1 is 1.14 bits per heavy atom. The number of hydrogen-bond donors (Lipinski definition) is 1. The van der Waals surface area contributed by atoms with Gasteiger partial charge in [0.15, 0.2) is 0 Å². The molecule has 0 fully saturated rings. The number of nitrogens with zero attached hydrogens (tertiary/aromatic N) is 2. The van der Waals surface area contributed by atoms with Gasteiger partial charge >= 0.3 is 0 Å². The molecule has 2 rings (SSSR count). The van der Waals surface area contributed by atoms with E-state index in [0.717, 1.165) is 16.9 Å². The zero-order chi connectivity index (χ0) is 15.4. The van der Waals surface area contributed by atoms with E-state index in [9.17, 15) is 4.39 Å². The number of ether oxygens (including phenoxy) is 1. The molecule has 0 saturated carbocycles. The van der Waals surface area contributed by atoms with E-state index in [2.05, 4.69) is 15.3 Å². The summed E-state index contributed by atoms with van der Waals surface area (Å²) >= 11 is 0. The molecule has 0 unspecified atom stereocenters. The zero-order valence-electron chi connectivity index (χ0n) is 12.8. The quantitative estimate of drug-likeness (QED) is 0.914. The van der Waals surface area contributed by atoms with Crippen molar-refractivity contribution in [2.75, 3.05) is 11.9 Å². The number of rotatable bonds is 5. The first kappa shape index (κ1) is 15.2. The molecular formula is C16H20FN3O. The summed E-state index contributed by atoms with van der Waals surface area (Å²) in [4.78, 5) is 8.32. The van der Waals surface area contributed by atoms with E-state index < -0.39 is 0 Å². The average molecular weight is 289 g/mol. The average Bonchev–Trinajstić information content (AvgIpc) is 2.45. The van der Waals surface area contributed by atoms with E-state index in [0.29, 0.717) is 30.2 Å². The molecule has 0 radical (unpaired) electrons. The summed E-state index contributed by atoms with van der Waals surface area (Å²) in [5.41, 5.74) is 3.19. The van der Waals surface area contributed by atoms with Crippen molar-refractivity contribution in [2.45, 2.75) is 34.2 Å². The highest BCUT2D eigenvalue weighted by Gasteiger charge is 2.09. The number of aromatic nitrogens is 2. The van der Waals surface area contributed by atoms with Crippen molar-refractivity contribution >= 4 is 5.82 Å². The highest BCUT2D eigenvalue weighted by molar-refractivity contribution is 5.48. The van der Waals surface area contributed by atoms with Crippen LogP contribution in [0.2, 0.25) is 0 Å². The van der Waals surface area contributed by atoms with Gasteiger partial charge < -0.3 is 10.1 Å². The molecule has 0 atom stereocenters. The molecule has 1 aromatic heterocycles. The summed E-state index contributed by atoms with van der Waals surface area (Å²) in [6.45, 7) is 8.51. The highest BCUT2D eigenvalue weighted by Crippen LogP contribution is 2.21. The van der Waals surface area contributed by atoms with Crippen molar-refractivity contribution in [1.82, 2.24) is 9.97 Å². The molecule has 1 N–H and O–H groups in total. The van der Waals surface area contributed by atoms with E-state index in [-0.39, 0.29) is 5.82 Å². The van der Waals surface area contributed by atoms with Crippen LogP contribution in [0.1, 0.15) is 29.2 Å². The summed E-state index contributed by atoms with van der Waals surface area (Å²) in [7, 11) is 0. The molecule has 1 heterocycles. The molecule has 0 amide bonds. The van der Waals surface area contributed by atoms with Gasteiger partial charge in [0.2, 0.25) is 5.88 Å². The molecule has 5 heteroatoms. The number of halogens is 1. The Balaban J connectivity index is 2.15. The summed E-state index contributed by atoms with van der Waals surface area (Å²) in [5.74, 6) is 1.17. The van der Waals surface area contributed by atoms with Crippen LogP contribution in [-0.4, -0.2) is 16.6 Å². The Morgan fingerprint density at radius 2 is 1.81 bits per heavy atom. The van der Waals surface area contributed by atoms with E-state index in [1.165, 1.54) is 6.33 Å². The third-order valence-electron chi connectivity index (χ3n) is 3.28. The lowest BCUT2D eigenvalue weighted by atomic mass is 10.1. The first-order valence-electron chi connectivity index (χ1n) is 6.96. The van der Waals surface area contributed by atoms with Crippen LogP contribution in [0.5, 0.6) is 5.88 Å². The van der Waals surface area contributed by atoms with Gasteiger partial charge in [-0.25, -0.2) is 14.4 Å². The monoisotopic (exact) mass is 289 g/mol. The molecule has 0 spiro atoms. The third-order valence-corrected chi connectivity index (χ3v) is 3.28. The van der Waals surface area contributed by atoms with E-state index in [1.807, 2.05) is 26.0 Å². The number of anilines is 1. The normalized spacial score (nSPS) is 10.5. The summed E-state index contributed by atoms with van der Waals surface area (Å²) < 4.78 is 19.1. The van der Waals surface area contributed by atoms with E-state index in [1.54, 1.807) is 13.8 Å². The van der Waals surface area contributed by atoms with Crippen molar-refractivity contribution in [3.8, 4) is 5.88 Å². The first-order chi connectivity index (χ1) is 10.0. The van der Waals surface area contributed by atoms with Crippen molar-refractivity contribution in [3.05, 3.63) is 46.5 Å². The fourth-order valence-corrected chi connectivity index (χ4v) is 2.22. The number of hydrogen-bond acceptors (Lipinski definition) is 4. The molecule has 0 saturated heterocycles. The van der Waals surface area contributed by atoms with Gasteiger partial charge in [-0.05, 0) is 44.4 Å². The predicted octanol–water partition coefficient (Wildman–Crippen LogP) is 3.55. The first-order valence-corrected chi connectivity index (χ1v) is 6.96. The lowest BCUT2D eigenvalue weighted by Gasteiger charge is -2.12. The Kier molecular flexibility index (Phi) is 4.73. The second kappa shape index (κ2) is 6.52. The van der Waals surface area contributed by atoms with Crippen molar-refractivity contribution in [2.24, 2.45) is 0 Å². The minimum atomic E-state index is -0.143. The topological polar surface area (TPSA) is 47.0 Å². The number of aryl methyl sites for hydroxylation is 2. The van der Waals surface area contributed by atoms with Crippen LogP contribution in [0.3, 0.4) is 0 Å². The van der Waals surface area contributed by atoms with Gasteiger partial charge in [-0.2, -0.15) is 0 Å². The summed E-state index contributed by atoms with van der Waals surface area (Å²) in [6, 6.07) is 3.69. The van der Waals surface area contributed by atoms with Gasteiger partial charge in [-0.3, -0.25) is 0 Å². The molecule has 0 aliphatic heterocycles. The fourth-order valence-electron chi connectivity index (χ4n) is 2.22. The largest absolute Gasteiger partial charge is 0.478 e. The Labute approximate surface area is 124 Å². The summed E-state index contributed by atoms with van der Waals surface area (Å²) in [5, 5.41) is 3.25. The number of nitrogens with one attached hydrogen (secondary N) is 1. The second-order valence-corrected chi connectivity index (χ2v) is 4.98. The minimum absolute atomic E-state index is 0.143. The molecule has 1 aromatic carbocycles. The van der Waals surface area contributed by atoms with Crippen LogP contribution in [0.25, 0.3) is 0 Å². The van der Waals surface area contributed by atoms with Crippen LogP contribution in [0.4, 0.5) is 10.2 Å². The van der Waals surface area contributed by atoms with Crippen molar-refractivity contribution < 1.29 is 9.13 Å². The van der Waals surface area contributed by atoms with Crippen LogP contribution in [0.15, 0.2) is 18.5 Å². The zero-order valence-corrected chi connectivity index (χ0v) is 12.8. The standard InChI is InChI=1S/C16H20FN3O/c1-5-21-16-12(4)15(19-9-20-16)18-8-13-6-10(2)14(17)11(3)7-13/h6-7,9H,5,8H2,1-4H3,(H,18,19,20). The lowest BCUT2D eigenvalue weighted by Crippen LogP contribution is -2.07. The van der Waals surface area contributed by atoms with Gasteiger partial charge in [0.05, 0.1) is 12.2 Å². The highest BCUT2D eigenvalue weighted by atomic mass is 19.1. The molecule has 2 aromatic rings. The lowest BCUT2D eigenvalue weighted by molar-refractivity contribution is 0.324. The van der Waals surface area contributed by atoms with Crippen molar-refractivity contribution in [1.29, 1.82) is 0 Å². The predicted molar refractivity (Wildman–Crippen MR) is 81.1 cm³/mol. The van der Waals surface area contributed by atoms with E-state index >= 15 is 0 Å². The number of benzene rings is 1. The SMILES string of the molecule is CCOc1ncnc(NCc2cc(C)c(F)c(C)c2)c1C. The fraction of sp³-hybridized carbons (Fsp3) is 0.375. The van der Waals surface area contributed by atoms with E-state index in [4.69, 9.17) is 4.74 Å². The molecule has 21 heavy (non-hydrogen) atoms. The maximum atomic E-state index is 13.6. The van der Waals surface area contributed by atoms with Crippen LogP contribution in [-0.2, 0) is 6.54 Å². The van der Waals surface area contributed by atoms with Crippen LogP contribution < -0.4 is 10.1 Å². The Morgan fingerprint density at radius 3 is 2.43 bits per heavy atom. The molecule has 4 nitrogen and oxygen atoms in total. The van der Waals surface area contributed by atoms with Gasteiger partial charge in [0, 0.05) is 6.54 Å². The van der Waals surface area contributed by atoms with Gasteiger partial charge in [-0.15, -0.1) is 0 Å². The summed E-state index contributed by atoms with van der Waals surface area (Å²) in [6.07, 6.45) is 1.47. The van der Waals surface area contributed by atoms with Gasteiger partial charge in [0.1, 0.15) is 18.0 Å². The van der Waals surface area contributed by atoms with Gasteiger partial charge in [-0.1, -0.05) is 12.1 Å². The molecule has 0 bridgehead atoms.